The third kappa shape index (κ3) is 49.3. The second-order valence-electron chi connectivity index (χ2n) is 18.8. The van der Waals surface area contributed by atoms with Crippen LogP contribution in [-0.2, 0) is 18.4 Å². The Balaban J connectivity index is 4.43. The summed E-state index contributed by atoms with van der Waals surface area (Å²) in [5, 5.41) is 13.9. The fraction of sp³-hybridized carbons (Fsp3) is 0.702. The van der Waals surface area contributed by atoms with Crippen molar-refractivity contribution < 1.29 is 32.9 Å². The first-order chi connectivity index (χ1) is 32.0. The number of rotatable bonds is 47. The summed E-state index contributed by atoms with van der Waals surface area (Å²) in [6.07, 6.45) is 67.9. The zero-order chi connectivity index (χ0) is 48.5. The molecular weight excluding hydrogens is 840 g/mol. The van der Waals surface area contributed by atoms with Crippen LogP contribution >= 0.6 is 7.82 Å². The standard InChI is InChI=1S/C57H101N2O6P/c1-6-8-10-12-14-16-18-20-22-24-26-27-28-29-30-31-33-34-36-38-40-42-44-46-48-50-56(60)55(54-65-66(62,63)64-53-52-59(3,4)5)58-57(61)51-49-47-45-43-41-39-37-35-32-25-23-21-19-17-15-13-11-9-7-2/h9,11,15,17,21,23,32-35,39-42,48,50,55-56,60H,6-8,10,12-14,16,18-20,22,24-31,36-38,43-47,49,51-54H2,1-5H3,(H-,58,61,62,63)/p+1/b11-9-,17-15-,23-21-,34-33+,35-32-,41-39-,42-40+,50-48+. The van der Waals surface area contributed by atoms with Crippen LogP contribution in [0.25, 0.3) is 0 Å². The number of phosphoric ester groups is 1. The van der Waals surface area contributed by atoms with Crippen LogP contribution in [0.1, 0.15) is 206 Å². The molecule has 0 saturated heterocycles. The van der Waals surface area contributed by atoms with E-state index in [0.717, 1.165) is 77.0 Å². The zero-order valence-corrected chi connectivity index (χ0v) is 44.0. The van der Waals surface area contributed by atoms with E-state index in [2.05, 4.69) is 104 Å². The van der Waals surface area contributed by atoms with E-state index in [1.807, 2.05) is 27.2 Å². The van der Waals surface area contributed by atoms with Gasteiger partial charge in [-0.05, 0) is 89.9 Å². The Kier molecular flexibility index (Phi) is 45.6. The molecule has 0 spiro atoms. The minimum atomic E-state index is -4.37. The number of likely N-dealkylation sites (N-methyl/N-ethyl adjacent to an activating group) is 1. The number of aliphatic hydroxyl groups excluding tert-OH is 1. The van der Waals surface area contributed by atoms with Gasteiger partial charge in [-0.3, -0.25) is 13.8 Å². The van der Waals surface area contributed by atoms with Crippen molar-refractivity contribution in [2.75, 3.05) is 40.9 Å². The lowest BCUT2D eigenvalue weighted by molar-refractivity contribution is -0.870. The molecule has 0 aromatic heterocycles. The molecule has 380 valence electrons. The van der Waals surface area contributed by atoms with Crippen LogP contribution in [-0.4, -0.2) is 73.4 Å². The summed E-state index contributed by atoms with van der Waals surface area (Å²) in [5.74, 6) is -0.226. The molecule has 0 bridgehead atoms. The summed E-state index contributed by atoms with van der Waals surface area (Å²) < 4.78 is 23.6. The van der Waals surface area contributed by atoms with Gasteiger partial charge in [-0.15, -0.1) is 0 Å². The number of amides is 1. The molecule has 0 rings (SSSR count). The lowest BCUT2D eigenvalue weighted by atomic mass is 10.0. The fourth-order valence-electron chi connectivity index (χ4n) is 7.10. The number of phosphoric acid groups is 1. The predicted molar refractivity (Wildman–Crippen MR) is 286 cm³/mol. The van der Waals surface area contributed by atoms with Gasteiger partial charge in [-0.25, -0.2) is 4.57 Å². The molecule has 0 aliphatic carbocycles. The first-order valence-corrected chi connectivity index (χ1v) is 28.1. The maximum Gasteiger partial charge on any atom is 0.472 e. The average Bonchev–Trinajstić information content (AvgIpc) is 3.28. The van der Waals surface area contributed by atoms with Crippen LogP contribution in [0.15, 0.2) is 97.2 Å². The normalized spacial score (nSPS) is 14.8. The Morgan fingerprint density at radius 1 is 0.530 bits per heavy atom. The second kappa shape index (κ2) is 47.5. The van der Waals surface area contributed by atoms with Crippen LogP contribution in [0.3, 0.4) is 0 Å². The lowest BCUT2D eigenvalue weighted by Crippen LogP contribution is -2.45. The van der Waals surface area contributed by atoms with Gasteiger partial charge in [0, 0.05) is 6.42 Å². The fourth-order valence-corrected chi connectivity index (χ4v) is 7.83. The topological polar surface area (TPSA) is 105 Å². The maximum absolute atomic E-state index is 12.9. The van der Waals surface area contributed by atoms with E-state index >= 15 is 0 Å². The van der Waals surface area contributed by atoms with Crippen molar-refractivity contribution >= 4 is 13.7 Å². The number of hydrogen-bond acceptors (Lipinski definition) is 5. The van der Waals surface area contributed by atoms with Crippen molar-refractivity contribution in [1.82, 2.24) is 5.32 Å². The molecule has 3 N–H and O–H groups in total. The van der Waals surface area contributed by atoms with Crippen molar-refractivity contribution in [3.63, 3.8) is 0 Å². The van der Waals surface area contributed by atoms with E-state index in [1.165, 1.54) is 103 Å². The molecule has 0 aliphatic heterocycles. The summed E-state index contributed by atoms with van der Waals surface area (Å²) in [6.45, 7) is 4.64. The van der Waals surface area contributed by atoms with Gasteiger partial charge < -0.3 is 19.8 Å². The largest absolute Gasteiger partial charge is 0.472 e. The van der Waals surface area contributed by atoms with Crippen LogP contribution in [0, 0.1) is 0 Å². The number of carbonyl (C=O) groups excluding carboxylic acids is 1. The minimum absolute atomic E-state index is 0.0414. The van der Waals surface area contributed by atoms with E-state index in [9.17, 15) is 19.4 Å². The van der Waals surface area contributed by atoms with E-state index in [-0.39, 0.29) is 19.1 Å². The highest BCUT2D eigenvalue weighted by atomic mass is 31.2. The highest BCUT2D eigenvalue weighted by molar-refractivity contribution is 7.47. The zero-order valence-electron chi connectivity index (χ0n) is 43.1. The Hall–Kier alpha value is -2.58. The van der Waals surface area contributed by atoms with Gasteiger partial charge >= 0.3 is 7.82 Å². The monoisotopic (exact) mass is 942 g/mol. The lowest BCUT2D eigenvalue weighted by Gasteiger charge is -2.25. The number of nitrogens with zero attached hydrogens (tertiary/aromatic N) is 1. The number of hydrogen-bond donors (Lipinski definition) is 3. The molecule has 1 amide bonds. The second-order valence-corrected chi connectivity index (χ2v) is 20.3. The Labute approximate surface area is 407 Å². The highest BCUT2D eigenvalue weighted by Crippen LogP contribution is 2.43. The van der Waals surface area contributed by atoms with Gasteiger partial charge in [-0.2, -0.15) is 0 Å². The van der Waals surface area contributed by atoms with Crippen molar-refractivity contribution in [2.24, 2.45) is 0 Å². The molecule has 0 aromatic carbocycles. The summed E-state index contributed by atoms with van der Waals surface area (Å²) in [4.78, 5) is 23.2. The molecule has 0 aromatic rings. The van der Waals surface area contributed by atoms with E-state index in [4.69, 9.17) is 9.05 Å². The Bertz CT molecular complexity index is 1390. The molecule has 0 heterocycles. The van der Waals surface area contributed by atoms with Gasteiger partial charge in [0.25, 0.3) is 0 Å². The molecule has 0 radical (unpaired) electrons. The Morgan fingerprint density at radius 3 is 1.39 bits per heavy atom. The third-order valence-corrected chi connectivity index (χ3v) is 12.2. The number of aliphatic hydroxyl groups is 1. The van der Waals surface area contributed by atoms with Gasteiger partial charge in [-0.1, -0.05) is 207 Å². The molecule has 66 heavy (non-hydrogen) atoms. The van der Waals surface area contributed by atoms with Crippen LogP contribution in [0.2, 0.25) is 0 Å². The first kappa shape index (κ1) is 63.4. The SMILES string of the molecule is CC/C=C\C/C=C\C/C=C\C/C=C\C/C=C\CCCCCC(=O)NC(COP(=O)(O)OCC[N+](C)(C)C)C(O)/C=C/CC/C=C/CC/C=C/CCCCCCCCCCCCCCCCC. The van der Waals surface area contributed by atoms with E-state index in [1.54, 1.807) is 6.08 Å². The van der Waals surface area contributed by atoms with Crippen LogP contribution in [0.5, 0.6) is 0 Å². The molecule has 0 fully saturated rings. The van der Waals surface area contributed by atoms with Gasteiger partial charge in [0.1, 0.15) is 13.2 Å². The third-order valence-electron chi connectivity index (χ3n) is 11.3. The van der Waals surface area contributed by atoms with Crippen molar-refractivity contribution in [3.8, 4) is 0 Å². The van der Waals surface area contributed by atoms with Crippen LogP contribution in [0.4, 0.5) is 0 Å². The van der Waals surface area contributed by atoms with Gasteiger partial charge in [0.05, 0.1) is 39.9 Å². The van der Waals surface area contributed by atoms with Crippen molar-refractivity contribution in [1.29, 1.82) is 0 Å². The minimum Gasteiger partial charge on any atom is -0.387 e. The van der Waals surface area contributed by atoms with Gasteiger partial charge in [0.15, 0.2) is 0 Å². The molecule has 3 atom stereocenters. The molecule has 8 nitrogen and oxygen atoms in total. The molecule has 9 heteroatoms. The maximum atomic E-state index is 12.9. The van der Waals surface area contributed by atoms with Crippen LogP contribution < -0.4 is 5.32 Å². The van der Waals surface area contributed by atoms with Crippen molar-refractivity contribution in [2.45, 2.75) is 219 Å². The average molecular weight is 942 g/mol. The number of carbonyl (C=O) groups is 1. The highest BCUT2D eigenvalue weighted by Gasteiger charge is 2.27. The quantitative estimate of drug-likeness (QED) is 0.0243. The Morgan fingerprint density at radius 2 is 0.924 bits per heavy atom. The summed E-state index contributed by atoms with van der Waals surface area (Å²) in [6, 6.07) is -0.894. The van der Waals surface area contributed by atoms with E-state index in [0.29, 0.717) is 23.9 Å². The number of nitrogens with one attached hydrogen (secondary N) is 1. The van der Waals surface area contributed by atoms with Gasteiger partial charge in [0.2, 0.25) is 5.91 Å². The molecule has 3 unspecified atom stereocenters. The number of unbranched alkanes of at least 4 members (excludes halogenated alkanes) is 20. The van der Waals surface area contributed by atoms with Crippen molar-refractivity contribution in [3.05, 3.63) is 97.2 Å². The number of quaternary nitrogens is 1. The van der Waals surface area contributed by atoms with E-state index < -0.39 is 20.0 Å². The predicted octanol–water partition coefficient (Wildman–Crippen LogP) is 15.9. The molecule has 0 saturated carbocycles. The molecular formula is C57H102N2O6P+. The summed E-state index contributed by atoms with van der Waals surface area (Å²) >= 11 is 0. The molecule has 0 aliphatic rings. The first-order valence-electron chi connectivity index (χ1n) is 26.6. The summed E-state index contributed by atoms with van der Waals surface area (Å²) in [7, 11) is 1.51. The number of allylic oxidation sites excluding steroid dienone is 15. The summed E-state index contributed by atoms with van der Waals surface area (Å²) in [5.41, 5.74) is 0. The smallest absolute Gasteiger partial charge is 0.387 e.